The maximum absolute atomic E-state index is 11.9. The van der Waals surface area contributed by atoms with Crippen LogP contribution in [0.15, 0.2) is 0 Å². The molecule has 0 aromatic rings. The molecule has 6 heteroatoms. The third kappa shape index (κ3) is 5.86. The van der Waals surface area contributed by atoms with Crippen molar-refractivity contribution < 1.29 is 14.3 Å². The summed E-state index contributed by atoms with van der Waals surface area (Å²) in [5.74, 6) is 5.01. The number of ether oxygens (including phenoxy) is 1. The molecule has 0 radical (unpaired) electrons. The first-order valence-corrected chi connectivity index (χ1v) is 6.04. The van der Waals surface area contributed by atoms with Crippen LogP contribution in [-0.2, 0) is 9.53 Å². The van der Waals surface area contributed by atoms with Gasteiger partial charge in [0.2, 0.25) is 0 Å². The molecule has 0 spiro atoms. The number of likely N-dealkylation sites (N-methyl/N-ethyl adjacent to an activating group) is 1. The van der Waals surface area contributed by atoms with Crippen molar-refractivity contribution in [2.24, 2.45) is 11.8 Å². The van der Waals surface area contributed by atoms with Crippen molar-refractivity contribution in [2.45, 2.75) is 52.7 Å². The Bertz CT molecular complexity index is 297. The van der Waals surface area contributed by atoms with Crippen LogP contribution in [0, 0.1) is 5.92 Å². The second-order valence-corrected chi connectivity index (χ2v) is 5.75. The number of carbonyl (C=O) groups excluding carboxylic acids is 2. The first-order chi connectivity index (χ1) is 8.08. The van der Waals surface area contributed by atoms with Gasteiger partial charge in [-0.05, 0) is 33.1 Å². The molecule has 106 valence electrons. The summed E-state index contributed by atoms with van der Waals surface area (Å²) in [4.78, 5) is 24.8. The van der Waals surface area contributed by atoms with Crippen molar-refractivity contribution in [1.82, 2.24) is 10.3 Å². The zero-order chi connectivity index (χ0) is 14.5. The van der Waals surface area contributed by atoms with Crippen LogP contribution in [0.4, 0.5) is 4.79 Å². The van der Waals surface area contributed by atoms with Crippen LogP contribution in [0.3, 0.4) is 0 Å². The second-order valence-electron chi connectivity index (χ2n) is 5.75. The predicted octanol–water partition coefficient (Wildman–Crippen LogP) is 1.26. The summed E-state index contributed by atoms with van der Waals surface area (Å²) in [6.45, 7) is 9.27. The number of nitrogens with one attached hydrogen (secondary N) is 1. The minimum atomic E-state index is -0.621. The van der Waals surface area contributed by atoms with E-state index in [9.17, 15) is 9.59 Å². The molecule has 0 aliphatic heterocycles. The fourth-order valence-electron chi connectivity index (χ4n) is 1.44. The van der Waals surface area contributed by atoms with E-state index >= 15 is 0 Å². The monoisotopic (exact) mass is 259 g/mol. The van der Waals surface area contributed by atoms with Gasteiger partial charge in [-0.1, -0.05) is 13.8 Å². The normalized spacial score (nSPS) is 13.1. The zero-order valence-corrected chi connectivity index (χ0v) is 12.1. The molecule has 0 saturated heterocycles. The Labute approximate surface area is 109 Å². The topological polar surface area (TPSA) is 84.7 Å². The lowest BCUT2D eigenvalue weighted by Crippen LogP contribution is -2.51. The zero-order valence-electron chi connectivity index (χ0n) is 12.1. The van der Waals surface area contributed by atoms with Gasteiger partial charge in [0.25, 0.3) is 5.91 Å². The molecule has 0 unspecified atom stereocenters. The number of hydrogen-bond donors (Lipinski definition) is 2. The summed E-state index contributed by atoms with van der Waals surface area (Å²) in [6.07, 6.45) is -0.00422. The van der Waals surface area contributed by atoms with Crippen molar-refractivity contribution >= 4 is 12.0 Å². The average Bonchev–Trinajstić information content (AvgIpc) is 2.21. The van der Waals surface area contributed by atoms with E-state index in [1.54, 1.807) is 20.8 Å². The minimum absolute atomic E-state index is 0.261. The van der Waals surface area contributed by atoms with Crippen LogP contribution < -0.4 is 11.3 Å². The van der Waals surface area contributed by atoms with Crippen molar-refractivity contribution in [1.29, 1.82) is 0 Å². The smallest absolute Gasteiger partial charge is 0.410 e. The number of rotatable bonds is 4. The second kappa shape index (κ2) is 6.58. The van der Waals surface area contributed by atoms with Crippen molar-refractivity contribution in [3.8, 4) is 0 Å². The van der Waals surface area contributed by atoms with Crippen LogP contribution >= 0.6 is 0 Å². The quantitative estimate of drug-likeness (QED) is 0.452. The predicted molar refractivity (Wildman–Crippen MR) is 69.6 cm³/mol. The van der Waals surface area contributed by atoms with Gasteiger partial charge >= 0.3 is 6.09 Å². The fourth-order valence-corrected chi connectivity index (χ4v) is 1.44. The lowest BCUT2D eigenvalue weighted by atomic mass is 10.0. The number of nitrogens with zero attached hydrogens (tertiary/aromatic N) is 1. The molecule has 0 bridgehead atoms. The number of hydrazine groups is 1. The lowest BCUT2D eigenvalue weighted by molar-refractivity contribution is -0.126. The van der Waals surface area contributed by atoms with Gasteiger partial charge in [-0.25, -0.2) is 10.6 Å². The number of hydrogen-bond acceptors (Lipinski definition) is 4. The Hall–Kier alpha value is -1.30. The summed E-state index contributed by atoms with van der Waals surface area (Å²) in [6, 6.07) is -0.621. The molecule has 18 heavy (non-hydrogen) atoms. The third-order valence-electron chi connectivity index (χ3n) is 2.29. The lowest BCUT2D eigenvalue weighted by Gasteiger charge is -2.30. The van der Waals surface area contributed by atoms with Gasteiger partial charge in [0.05, 0.1) is 0 Å². The van der Waals surface area contributed by atoms with Gasteiger partial charge in [0.15, 0.2) is 0 Å². The van der Waals surface area contributed by atoms with Crippen LogP contribution in [0.2, 0.25) is 0 Å². The van der Waals surface area contributed by atoms with Crippen LogP contribution in [-0.4, -0.2) is 35.6 Å². The maximum atomic E-state index is 11.9. The standard InChI is InChI=1S/C12H25N3O3/c1-8(2)7-9(10(16)14-13)15(6)11(17)18-12(3,4)5/h8-9H,7,13H2,1-6H3,(H,14,16)/t9-/m0/s1. The van der Waals surface area contributed by atoms with Crippen molar-refractivity contribution in [3.05, 3.63) is 0 Å². The van der Waals surface area contributed by atoms with E-state index in [4.69, 9.17) is 10.6 Å². The van der Waals surface area contributed by atoms with Gasteiger partial charge < -0.3 is 4.74 Å². The Kier molecular flexibility index (Phi) is 6.11. The maximum Gasteiger partial charge on any atom is 0.410 e. The molecule has 0 aliphatic carbocycles. The molecule has 2 amide bonds. The Morgan fingerprint density at radius 3 is 2.17 bits per heavy atom. The van der Waals surface area contributed by atoms with Gasteiger partial charge in [-0.3, -0.25) is 15.1 Å². The van der Waals surface area contributed by atoms with Gasteiger partial charge in [0.1, 0.15) is 11.6 Å². The van der Waals surface area contributed by atoms with Crippen molar-refractivity contribution in [2.75, 3.05) is 7.05 Å². The average molecular weight is 259 g/mol. The summed E-state index contributed by atoms with van der Waals surface area (Å²) >= 11 is 0. The summed E-state index contributed by atoms with van der Waals surface area (Å²) in [5, 5.41) is 0. The Morgan fingerprint density at radius 1 is 1.33 bits per heavy atom. The number of carbonyl (C=O) groups is 2. The van der Waals surface area contributed by atoms with E-state index in [0.717, 1.165) is 0 Å². The molecule has 0 heterocycles. The first-order valence-electron chi connectivity index (χ1n) is 6.04. The summed E-state index contributed by atoms with van der Waals surface area (Å²) < 4.78 is 5.22. The van der Waals surface area contributed by atoms with E-state index in [-0.39, 0.29) is 5.92 Å². The largest absolute Gasteiger partial charge is 0.444 e. The highest BCUT2D eigenvalue weighted by molar-refractivity contribution is 5.85. The molecule has 0 aromatic carbocycles. The molecule has 3 N–H and O–H groups in total. The highest BCUT2D eigenvalue weighted by atomic mass is 16.6. The van der Waals surface area contributed by atoms with Crippen LogP contribution in [0.25, 0.3) is 0 Å². The summed E-state index contributed by atoms with van der Waals surface area (Å²) in [7, 11) is 1.54. The molecule has 6 nitrogen and oxygen atoms in total. The third-order valence-corrected chi connectivity index (χ3v) is 2.29. The molecule has 0 fully saturated rings. The van der Waals surface area contributed by atoms with E-state index in [2.05, 4.69) is 5.43 Å². The van der Waals surface area contributed by atoms with Crippen LogP contribution in [0.5, 0.6) is 0 Å². The highest BCUT2D eigenvalue weighted by Gasteiger charge is 2.30. The molecule has 1 atom stereocenters. The molecule has 0 aromatic heterocycles. The summed E-state index contributed by atoms with van der Waals surface area (Å²) in [5.41, 5.74) is 1.49. The molecular weight excluding hydrogens is 234 g/mol. The van der Waals surface area contributed by atoms with Gasteiger partial charge in [0, 0.05) is 7.05 Å². The number of nitrogens with two attached hydrogens (primary N) is 1. The number of amides is 2. The van der Waals surface area contributed by atoms with Gasteiger partial charge in [-0.2, -0.15) is 0 Å². The van der Waals surface area contributed by atoms with Gasteiger partial charge in [-0.15, -0.1) is 0 Å². The fraction of sp³-hybridized carbons (Fsp3) is 0.833. The SMILES string of the molecule is CC(C)C[C@@H](C(=O)NN)N(C)C(=O)OC(C)(C)C. The highest BCUT2D eigenvalue weighted by Crippen LogP contribution is 2.15. The van der Waals surface area contributed by atoms with E-state index in [1.807, 2.05) is 13.8 Å². The van der Waals surface area contributed by atoms with E-state index < -0.39 is 23.6 Å². The molecule has 0 rings (SSSR count). The molecular formula is C12H25N3O3. The van der Waals surface area contributed by atoms with Crippen molar-refractivity contribution in [3.63, 3.8) is 0 Å². The molecule has 0 aliphatic rings. The van der Waals surface area contributed by atoms with E-state index in [0.29, 0.717) is 6.42 Å². The first kappa shape index (κ1) is 16.7. The Balaban J connectivity index is 4.79. The van der Waals surface area contributed by atoms with Crippen LogP contribution in [0.1, 0.15) is 41.0 Å². The van der Waals surface area contributed by atoms with E-state index in [1.165, 1.54) is 11.9 Å². The molecule has 0 saturated carbocycles. The minimum Gasteiger partial charge on any atom is -0.444 e. The Morgan fingerprint density at radius 2 is 1.83 bits per heavy atom.